The van der Waals surface area contributed by atoms with Gasteiger partial charge in [0, 0.05) is 31.3 Å². The van der Waals surface area contributed by atoms with Crippen LogP contribution in [0.15, 0.2) is 42.5 Å². The molecule has 0 heterocycles. The first-order valence-electron chi connectivity index (χ1n) is 6.50. The van der Waals surface area contributed by atoms with Crippen LogP contribution in [-0.2, 0) is 11.3 Å². The number of nitro benzene ring substituents is 1. The van der Waals surface area contributed by atoms with Crippen LogP contribution in [0.1, 0.15) is 12.5 Å². The number of anilines is 2. The minimum Gasteiger partial charge on any atom is -0.380 e. The number of nitrogens with zero attached hydrogens (tertiary/aromatic N) is 1. The largest absolute Gasteiger partial charge is 0.380 e. The van der Waals surface area contributed by atoms with Crippen LogP contribution in [0.4, 0.5) is 17.1 Å². The average Bonchev–Trinajstić information content (AvgIpc) is 2.46. The topological polar surface area (TPSA) is 84.3 Å². The van der Waals surface area contributed by atoms with Crippen molar-refractivity contribution in [1.82, 2.24) is 0 Å². The van der Waals surface area contributed by atoms with Crippen molar-refractivity contribution in [2.75, 3.05) is 10.6 Å². The fraction of sp³-hybridized carbons (Fsp3) is 0.133. The van der Waals surface area contributed by atoms with E-state index in [1.54, 1.807) is 30.3 Å². The average molecular weight is 320 g/mol. The number of carbonyl (C=O) groups excluding carboxylic acids is 1. The zero-order valence-electron chi connectivity index (χ0n) is 11.8. The number of amides is 1. The Morgan fingerprint density at radius 1 is 1.27 bits per heavy atom. The molecule has 0 atom stereocenters. The summed E-state index contributed by atoms with van der Waals surface area (Å²) in [6, 6.07) is 11.5. The van der Waals surface area contributed by atoms with E-state index in [9.17, 15) is 14.9 Å². The first-order chi connectivity index (χ1) is 10.5. The fourth-order valence-electron chi connectivity index (χ4n) is 1.92. The molecule has 0 aliphatic rings. The number of nitrogens with one attached hydrogen (secondary N) is 2. The lowest BCUT2D eigenvalue weighted by molar-refractivity contribution is -0.384. The summed E-state index contributed by atoms with van der Waals surface area (Å²) in [5.74, 6) is -0.173. The molecule has 0 saturated heterocycles. The van der Waals surface area contributed by atoms with E-state index < -0.39 is 4.92 Å². The van der Waals surface area contributed by atoms with Crippen LogP contribution in [0, 0.1) is 10.1 Å². The summed E-state index contributed by atoms with van der Waals surface area (Å²) in [4.78, 5) is 21.3. The maximum absolute atomic E-state index is 11.0. The van der Waals surface area contributed by atoms with Crippen molar-refractivity contribution in [2.45, 2.75) is 13.5 Å². The highest BCUT2D eigenvalue weighted by atomic mass is 35.5. The predicted molar refractivity (Wildman–Crippen MR) is 86.2 cm³/mol. The second-order valence-electron chi connectivity index (χ2n) is 4.66. The van der Waals surface area contributed by atoms with E-state index in [2.05, 4.69) is 10.6 Å². The van der Waals surface area contributed by atoms with Gasteiger partial charge in [-0.2, -0.15) is 0 Å². The molecule has 0 unspecified atom stereocenters. The third-order valence-corrected chi connectivity index (χ3v) is 3.21. The molecular formula is C15H14ClN3O3. The van der Waals surface area contributed by atoms with Gasteiger partial charge < -0.3 is 10.6 Å². The van der Waals surface area contributed by atoms with Crippen LogP contribution in [0.5, 0.6) is 0 Å². The summed E-state index contributed by atoms with van der Waals surface area (Å²) >= 11 is 6.14. The summed E-state index contributed by atoms with van der Waals surface area (Å²) in [6.07, 6.45) is 0. The molecule has 0 spiro atoms. The Morgan fingerprint density at radius 2 is 2.05 bits per heavy atom. The van der Waals surface area contributed by atoms with Gasteiger partial charge >= 0.3 is 0 Å². The van der Waals surface area contributed by atoms with Gasteiger partial charge in [0.05, 0.1) is 15.6 Å². The normalized spacial score (nSPS) is 10.1. The molecule has 1 amide bonds. The van der Waals surface area contributed by atoms with Crippen LogP contribution in [0.25, 0.3) is 0 Å². The first kappa shape index (κ1) is 15.8. The van der Waals surface area contributed by atoms with Crippen LogP contribution in [-0.4, -0.2) is 10.8 Å². The molecule has 0 aromatic heterocycles. The Labute approximate surface area is 132 Å². The molecule has 114 valence electrons. The predicted octanol–water partition coefficient (Wildman–Crippen LogP) is 3.82. The number of hydrogen-bond donors (Lipinski definition) is 2. The number of rotatable bonds is 5. The zero-order valence-corrected chi connectivity index (χ0v) is 12.6. The van der Waals surface area contributed by atoms with Gasteiger partial charge in [-0.25, -0.2) is 0 Å². The lowest BCUT2D eigenvalue weighted by Crippen LogP contribution is -2.06. The molecule has 2 aromatic carbocycles. The first-order valence-corrected chi connectivity index (χ1v) is 6.88. The highest BCUT2D eigenvalue weighted by molar-refractivity contribution is 6.33. The summed E-state index contributed by atoms with van der Waals surface area (Å²) in [6.45, 7) is 1.82. The van der Waals surface area contributed by atoms with Crippen molar-refractivity contribution >= 4 is 34.6 Å². The molecule has 0 bridgehead atoms. The van der Waals surface area contributed by atoms with Gasteiger partial charge in [0.15, 0.2) is 0 Å². The van der Waals surface area contributed by atoms with Gasteiger partial charge in [0.1, 0.15) is 0 Å². The van der Waals surface area contributed by atoms with Crippen molar-refractivity contribution in [2.24, 2.45) is 0 Å². The molecule has 22 heavy (non-hydrogen) atoms. The van der Waals surface area contributed by atoms with Crippen molar-refractivity contribution in [3.05, 3.63) is 63.2 Å². The van der Waals surface area contributed by atoms with Crippen molar-refractivity contribution < 1.29 is 9.72 Å². The maximum atomic E-state index is 11.0. The maximum Gasteiger partial charge on any atom is 0.269 e. The number of halogens is 1. The summed E-state index contributed by atoms with van der Waals surface area (Å²) in [5.41, 5.74) is 2.11. The molecule has 2 aromatic rings. The third-order valence-electron chi connectivity index (χ3n) is 2.89. The van der Waals surface area contributed by atoms with Crippen molar-refractivity contribution in [3.63, 3.8) is 0 Å². The standard InChI is InChI=1S/C15H14ClN3O3/c1-10(20)18-12-5-6-15(14(16)8-12)17-9-11-3-2-4-13(7-11)19(21)22/h2-8,17H,9H2,1H3,(H,18,20). The minimum atomic E-state index is -0.432. The number of non-ortho nitro benzene ring substituents is 1. The van der Waals surface area contributed by atoms with E-state index in [0.717, 1.165) is 5.56 Å². The third kappa shape index (κ3) is 4.20. The molecule has 2 rings (SSSR count). The molecule has 2 N–H and O–H groups in total. The van der Waals surface area contributed by atoms with Crippen molar-refractivity contribution in [3.8, 4) is 0 Å². The lowest BCUT2D eigenvalue weighted by atomic mass is 10.2. The Balaban J connectivity index is 2.07. The van der Waals surface area contributed by atoms with Crippen LogP contribution in [0.3, 0.4) is 0 Å². The summed E-state index contributed by atoms with van der Waals surface area (Å²) < 4.78 is 0. The van der Waals surface area contributed by atoms with Gasteiger partial charge in [-0.3, -0.25) is 14.9 Å². The molecular weight excluding hydrogens is 306 g/mol. The SMILES string of the molecule is CC(=O)Nc1ccc(NCc2cccc([N+](=O)[O-])c2)c(Cl)c1. The Bertz CT molecular complexity index is 719. The van der Waals surface area contributed by atoms with Gasteiger partial charge in [0.2, 0.25) is 5.91 Å². The molecule has 0 saturated carbocycles. The van der Waals surface area contributed by atoms with Crippen LogP contribution < -0.4 is 10.6 Å². The summed E-state index contributed by atoms with van der Waals surface area (Å²) in [5, 5.41) is 16.9. The smallest absolute Gasteiger partial charge is 0.269 e. The van der Waals surface area contributed by atoms with Gasteiger partial charge in [0.25, 0.3) is 5.69 Å². The van der Waals surface area contributed by atoms with Crippen molar-refractivity contribution in [1.29, 1.82) is 0 Å². The Hall–Kier alpha value is -2.60. The van der Waals surface area contributed by atoms with E-state index in [1.165, 1.54) is 19.1 Å². The number of nitro groups is 1. The molecule has 0 radical (unpaired) electrons. The molecule has 7 heteroatoms. The highest BCUT2D eigenvalue weighted by Crippen LogP contribution is 2.26. The van der Waals surface area contributed by atoms with Gasteiger partial charge in [-0.15, -0.1) is 0 Å². The summed E-state index contributed by atoms with van der Waals surface area (Å²) in [7, 11) is 0. The zero-order chi connectivity index (χ0) is 16.1. The van der Waals surface area contributed by atoms with Gasteiger partial charge in [-0.05, 0) is 23.8 Å². The highest BCUT2D eigenvalue weighted by Gasteiger charge is 2.07. The monoisotopic (exact) mass is 319 g/mol. The molecule has 0 aliphatic heterocycles. The number of hydrogen-bond acceptors (Lipinski definition) is 4. The van der Waals surface area contributed by atoms with E-state index in [1.807, 2.05) is 0 Å². The number of benzene rings is 2. The van der Waals surface area contributed by atoms with E-state index >= 15 is 0 Å². The Morgan fingerprint density at radius 3 is 2.68 bits per heavy atom. The second kappa shape index (κ2) is 6.91. The van der Waals surface area contributed by atoms with Crippen LogP contribution >= 0.6 is 11.6 Å². The fourth-order valence-corrected chi connectivity index (χ4v) is 2.16. The molecule has 0 fully saturated rings. The quantitative estimate of drug-likeness (QED) is 0.648. The molecule has 6 nitrogen and oxygen atoms in total. The lowest BCUT2D eigenvalue weighted by Gasteiger charge is -2.10. The van der Waals surface area contributed by atoms with Gasteiger partial charge in [-0.1, -0.05) is 23.7 Å². The minimum absolute atomic E-state index is 0.0476. The number of carbonyl (C=O) groups is 1. The second-order valence-corrected chi connectivity index (χ2v) is 5.06. The Kier molecular flexibility index (Phi) is 4.95. The van der Waals surface area contributed by atoms with E-state index in [-0.39, 0.29) is 11.6 Å². The van der Waals surface area contributed by atoms with E-state index in [4.69, 9.17) is 11.6 Å². The van der Waals surface area contributed by atoms with E-state index in [0.29, 0.717) is 22.9 Å². The molecule has 0 aliphatic carbocycles. The van der Waals surface area contributed by atoms with Crippen LogP contribution in [0.2, 0.25) is 5.02 Å².